The van der Waals surface area contributed by atoms with E-state index < -0.39 is 0 Å². The molecule has 0 aromatic carbocycles. The van der Waals surface area contributed by atoms with E-state index in [4.69, 9.17) is 4.74 Å². The Kier molecular flexibility index (Phi) is 2.18. The van der Waals surface area contributed by atoms with Gasteiger partial charge in [0.15, 0.2) is 0 Å². The van der Waals surface area contributed by atoms with Crippen LogP contribution in [0, 0.1) is 0 Å². The molecule has 2 aliphatic heterocycles. The van der Waals surface area contributed by atoms with Crippen LogP contribution in [-0.2, 0) is 4.74 Å². The van der Waals surface area contributed by atoms with E-state index >= 15 is 0 Å². The minimum absolute atomic E-state index is 0.161. The fourth-order valence-corrected chi connectivity index (χ4v) is 2.00. The van der Waals surface area contributed by atoms with Crippen molar-refractivity contribution in [2.75, 3.05) is 13.1 Å². The van der Waals surface area contributed by atoms with Crippen LogP contribution in [0.15, 0.2) is 0 Å². The van der Waals surface area contributed by atoms with Crippen LogP contribution in [0.3, 0.4) is 0 Å². The lowest BCUT2D eigenvalue weighted by Crippen LogP contribution is -2.60. The predicted molar refractivity (Wildman–Crippen MR) is 53.1 cm³/mol. The van der Waals surface area contributed by atoms with Crippen LogP contribution >= 0.6 is 0 Å². The van der Waals surface area contributed by atoms with Gasteiger partial charge in [-0.3, -0.25) is 0 Å². The lowest BCUT2D eigenvalue weighted by molar-refractivity contribution is 0.0171. The standard InChI is InChI=1S/C10H18N2O2/c1-10(2,3)14-9(13)12-5-4-7-8(12)6-11-7/h7-8,11H,4-6H2,1-3H3/t7-,8+/m1/s1. The van der Waals surface area contributed by atoms with E-state index in [-0.39, 0.29) is 11.7 Å². The van der Waals surface area contributed by atoms with Crippen molar-refractivity contribution in [3.63, 3.8) is 0 Å². The molecular formula is C10H18N2O2. The number of carbonyl (C=O) groups is 1. The third kappa shape index (κ3) is 1.71. The first kappa shape index (κ1) is 9.77. The molecule has 80 valence electrons. The molecule has 1 N–H and O–H groups in total. The van der Waals surface area contributed by atoms with Crippen LogP contribution in [-0.4, -0.2) is 41.8 Å². The summed E-state index contributed by atoms with van der Waals surface area (Å²) in [4.78, 5) is 13.6. The average molecular weight is 198 g/mol. The number of amides is 1. The second-order valence-electron chi connectivity index (χ2n) is 5.04. The Labute approximate surface area is 84.6 Å². The molecular weight excluding hydrogens is 180 g/mol. The van der Waals surface area contributed by atoms with Crippen molar-refractivity contribution >= 4 is 6.09 Å². The van der Waals surface area contributed by atoms with E-state index in [2.05, 4.69) is 5.32 Å². The van der Waals surface area contributed by atoms with Crippen LogP contribution in [0.1, 0.15) is 27.2 Å². The summed E-state index contributed by atoms with van der Waals surface area (Å²) in [7, 11) is 0. The van der Waals surface area contributed by atoms with Gasteiger partial charge in [0.25, 0.3) is 0 Å². The van der Waals surface area contributed by atoms with Crippen LogP contribution < -0.4 is 5.32 Å². The molecule has 2 atom stereocenters. The molecule has 2 fully saturated rings. The molecule has 0 aromatic rings. The van der Waals surface area contributed by atoms with Gasteiger partial charge in [0.1, 0.15) is 5.60 Å². The average Bonchev–Trinajstić information content (AvgIpc) is 2.22. The van der Waals surface area contributed by atoms with Crippen molar-refractivity contribution < 1.29 is 9.53 Å². The van der Waals surface area contributed by atoms with Gasteiger partial charge in [-0.2, -0.15) is 0 Å². The molecule has 0 saturated carbocycles. The lowest BCUT2D eigenvalue weighted by Gasteiger charge is -2.37. The number of likely N-dealkylation sites (tertiary alicyclic amines) is 1. The van der Waals surface area contributed by atoms with Gasteiger partial charge in [-0.05, 0) is 27.2 Å². The quantitative estimate of drug-likeness (QED) is 0.630. The normalized spacial score (nSPS) is 30.9. The van der Waals surface area contributed by atoms with Gasteiger partial charge >= 0.3 is 6.09 Å². The number of carbonyl (C=O) groups excluding carboxylic acids is 1. The van der Waals surface area contributed by atoms with Gasteiger partial charge < -0.3 is 15.0 Å². The maximum absolute atomic E-state index is 11.7. The maximum Gasteiger partial charge on any atom is 0.410 e. The molecule has 0 radical (unpaired) electrons. The number of nitrogens with one attached hydrogen (secondary N) is 1. The summed E-state index contributed by atoms with van der Waals surface area (Å²) in [6, 6.07) is 0.896. The Morgan fingerprint density at radius 2 is 2.21 bits per heavy atom. The minimum Gasteiger partial charge on any atom is -0.444 e. The number of fused-ring (bicyclic) bond motifs is 1. The van der Waals surface area contributed by atoms with E-state index in [0.29, 0.717) is 12.1 Å². The molecule has 2 rings (SSSR count). The van der Waals surface area contributed by atoms with Crippen molar-refractivity contribution in [1.29, 1.82) is 0 Å². The molecule has 0 spiro atoms. The summed E-state index contributed by atoms with van der Waals surface area (Å²) in [5.74, 6) is 0. The highest BCUT2D eigenvalue weighted by molar-refractivity contribution is 5.69. The Balaban J connectivity index is 1.92. The van der Waals surface area contributed by atoms with Gasteiger partial charge in [-0.25, -0.2) is 4.79 Å². The summed E-state index contributed by atoms with van der Waals surface area (Å²) in [6.45, 7) is 7.45. The summed E-state index contributed by atoms with van der Waals surface area (Å²) >= 11 is 0. The summed E-state index contributed by atoms with van der Waals surface area (Å²) < 4.78 is 5.33. The van der Waals surface area contributed by atoms with E-state index in [1.807, 2.05) is 25.7 Å². The van der Waals surface area contributed by atoms with Crippen molar-refractivity contribution in [1.82, 2.24) is 10.2 Å². The SMILES string of the molecule is CC(C)(C)OC(=O)N1CC[C@H]2NC[C@@H]21. The van der Waals surface area contributed by atoms with Crippen molar-refractivity contribution in [3.05, 3.63) is 0 Å². The molecule has 2 aliphatic rings. The first-order valence-corrected chi connectivity index (χ1v) is 5.20. The van der Waals surface area contributed by atoms with E-state index in [1.54, 1.807) is 0 Å². The summed E-state index contributed by atoms with van der Waals surface area (Å²) in [5, 5.41) is 3.31. The zero-order valence-electron chi connectivity index (χ0n) is 9.04. The molecule has 0 aromatic heterocycles. The monoisotopic (exact) mass is 198 g/mol. The first-order valence-electron chi connectivity index (χ1n) is 5.20. The topological polar surface area (TPSA) is 41.6 Å². The lowest BCUT2D eigenvalue weighted by atomic mass is 10.0. The predicted octanol–water partition coefficient (Wildman–Crippen LogP) is 0.968. The molecule has 14 heavy (non-hydrogen) atoms. The fraction of sp³-hybridized carbons (Fsp3) is 0.900. The Morgan fingerprint density at radius 1 is 1.50 bits per heavy atom. The van der Waals surface area contributed by atoms with Crippen molar-refractivity contribution in [2.45, 2.75) is 44.9 Å². The minimum atomic E-state index is -0.383. The van der Waals surface area contributed by atoms with Gasteiger partial charge in [0.05, 0.1) is 6.04 Å². The molecule has 1 amide bonds. The van der Waals surface area contributed by atoms with E-state index in [0.717, 1.165) is 19.5 Å². The van der Waals surface area contributed by atoms with Crippen molar-refractivity contribution in [3.8, 4) is 0 Å². The zero-order valence-corrected chi connectivity index (χ0v) is 9.04. The number of hydrogen-bond acceptors (Lipinski definition) is 3. The largest absolute Gasteiger partial charge is 0.444 e. The Bertz CT molecular complexity index is 247. The highest BCUT2D eigenvalue weighted by Crippen LogP contribution is 2.25. The molecule has 2 heterocycles. The molecule has 0 unspecified atom stereocenters. The molecule has 0 bridgehead atoms. The second kappa shape index (κ2) is 3.12. The Hall–Kier alpha value is -0.770. The Morgan fingerprint density at radius 3 is 2.64 bits per heavy atom. The highest BCUT2D eigenvalue weighted by Gasteiger charge is 2.44. The third-order valence-corrected chi connectivity index (χ3v) is 2.76. The van der Waals surface area contributed by atoms with Gasteiger partial charge in [-0.15, -0.1) is 0 Å². The van der Waals surface area contributed by atoms with Crippen LogP contribution in [0.5, 0.6) is 0 Å². The number of rotatable bonds is 0. The zero-order chi connectivity index (χ0) is 10.3. The van der Waals surface area contributed by atoms with Gasteiger partial charge in [-0.1, -0.05) is 0 Å². The van der Waals surface area contributed by atoms with Gasteiger partial charge in [0, 0.05) is 19.1 Å². The summed E-state index contributed by atoms with van der Waals surface area (Å²) in [5.41, 5.74) is -0.383. The number of ether oxygens (including phenoxy) is 1. The van der Waals surface area contributed by atoms with E-state index in [9.17, 15) is 4.79 Å². The van der Waals surface area contributed by atoms with Crippen LogP contribution in [0.4, 0.5) is 4.79 Å². The first-order chi connectivity index (χ1) is 6.47. The highest BCUT2D eigenvalue weighted by atomic mass is 16.6. The number of hydrogen-bond donors (Lipinski definition) is 1. The number of nitrogens with zero attached hydrogens (tertiary/aromatic N) is 1. The maximum atomic E-state index is 11.7. The smallest absolute Gasteiger partial charge is 0.410 e. The molecule has 4 heteroatoms. The molecule has 4 nitrogen and oxygen atoms in total. The van der Waals surface area contributed by atoms with Crippen LogP contribution in [0.25, 0.3) is 0 Å². The van der Waals surface area contributed by atoms with Gasteiger partial charge in [0.2, 0.25) is 0 Å². The second-order valence-corrected chi connectivity index (χ2v) is 5.04. The van der Waals surface area contributed by atoms with Crippen molar-refractivity contribution in [2.24, 2.45) is 0 Å². The summed E-state index contributed by atoms with van der Waals surface area (Å²) in [6.07, 6.45) is 0.899. The molecule has 0 aliphatic carbocycles. The third-order valence-electron chi connectivity index (χ3n) is 2.76. The van der Waals surface area contributed by atoms with E-state index in [1.165, 1.54) is 0 Å². The fourth-order valence-electron chi connectivity index (χ4n) is 2.00. The van der Waals surface area contributed by atoms with Crippen LogP contribution in [0.2, 0.25) is 0 Å². The molecule has 2 saturated heterocycles.